The second-order valence-electron chi connectivity index (χ2n) is 9.13. The Balaban J connectivity index is 1.14. The molecule has 1 aliphatic heterocycles. The molecule has 1 saturated heterocycles. The lowest BCUT2D eigenvalue weighted by Crippen LogP contribution is -2.40. The maximum atomic E-state index is 13.1. The molecule has 4 heterocycles. The summed E-state index contributed by atoms with van der Waals surface area (Å²) in [6.45, 7) is 2.29. The Bertz CT molecular complexity index is 1570. The highest BCUT2D eigenvalue weighted by Crippen LogP contribution is 2.31. The molecule has 2 aromatic carbocycles. The summed E-state index contributed by atoms with van der Waals surface area (Å²) in [7, 11) is 0. The Kier molecular flexibility index (Phi) is 6.15. The van der Waals surface area contributed by atoms with E-state index in [1.807, 2.05) is 65.7 Å². The molecule has 2 N–H and O–H groups in total. The molecule has 1 amide bonds. The Morgan fingerprint density at radius 1 is 1.14 bits per heavy atom. The average Bonchev–Trinajstić information content (AvgIpc) is 3.53. The minimum Gasteiger partial charge on any atom is -0.370 e. The molecule has 0 spiro atoms. The van der Waals surface area contributed by atoms with E-state index >= 15 is 0 Å². The number of nitrogens with zero attached hydrogens (tertiary/aromatic N) is 4. The number of aromatic nitrogens is 4. The molecular formula is C27H24BrClN6O. The number of rotatable bonds is 5. The number of piperidine rings is 1. The van der Waals surface area contributed by atoms with Gasteiger partial charge in [0, 0.05) is 58.9 Å². The first kappa shape index (κ1) is 23.1. The summed E-state index contributed by atoms with van der Waals surface area (Å²) in [4.78, 5) is 23.0. The van der Waals surface area contributed by atoms with Crippen LogP contribution in [0.5, 0.6) is 0 Å². The van der Waals surface area contributed by atoms with Crippen LogP contribution in [0.25, 0.3) is 27.8 Å². The van der Waals surface area contributed by atoms with Crippen molar-refractivity contribution in [3.63, 3.8) is 0 Å². The van der Waals surface area contributed by atoms with Gasteiger partial charge < -0.3 is 15.2 Å². The number of nitrogens with one attached hydrogen (secondary N) is 2. The van der Waals surface area contributed by atoms with Gasteiger partial charge in [-0.3, -0.25) is 4.79 Å². The van der Waals surface area contributed by atoms with E-state index in [1.54, 1.807) is 10.7 Å². The lowest BCUT2D eigenvalue weighted by Gasteiger charge is -2.32. The van der Waals surface area contributed by atoms with E-state index in [0.29, 0.717) is 10.9 Å². The highest BCUT2D eigenvalue weighted by molar-refractivity contribution is 9.10. The number of benzene rings is 2. The number of carbonyl (C=O) groups is 1. The van der Waals surface area contributed by atoms with E-state index in [0.717, 1.165) is 76.1 Å². The molecule has 1 fully saturated rings. The topological polar surface area (TPSA) is 78.3 Å². The number of hydrogen-bond acceptors (Lipinski definition) is 4. The van der Waals surface area contributed by atoms with Crippen LogP contribution >= 0.6 is 27.5 Å². The van der Waals surface area contributed by atoms with Crippen LogP contribution in [0.2, 0.25) is 5.02 Å². The zero-order chi connectivity index (χ0) is 24.6. The molecule has 0 atom stereocenters. The average molecular weight is 564 g/mol. The van der Waals surface area contributed by atoms with Gasteiger partial charge in [0.1, 0.15) is 5.82 Å². The van der Waals surface area contributed by atoms with Crippen molar-refractivity contribution in [1.29, 1.82) is 0 Å². The number of H-pyrrole nitrogens is 1. The SMILES string of the molecule is O=C(c1ccc2[nH]ccc2c1)N1CCC(CNc2cc(-c3ccccc3Cl)nc3c(Br)cnn23)CC1. The molecule has 36 heavy (non-hydrogen) atoms. The smallest absolute Gasteiger partial charge is 0.253 e. The molecule has 3 aromatic heterocycles. The van der Waals surface area contributed by atoms with E-state index in [1.165, 1.54) is 0 Å². The molecule has 6 rings (SSSR count). The van der Waals surface area contributed by atoms with Crippen LogP contribution in [0.15, 0.2) is 71.5 Å². The molecule has 7 nitrogen and oxygen atoms in total. The molecule has 0 saturated carbocycles. The number of likely N-dealkylation sites (tertiary alicyclic amines) is 1. The van der Waals surface area contributed by atoms with Crippen LogP contribution in [0, 0.1) is 5.92 Å². The van der Waals surface area contributed by atoms with Gasteiger partial charge in [-0.15, -0.1) is 0 Å². The molecule has 0 unspecified atom stereocenters. The Morgan fingerprint density at radius 2 is 1.97 bits per heavy atom. The van der Waals surface area contributed by atoms with Crippen molar-refractivity contribution in [2.75, 3.05) is 25.0 Å². The Labute approximate surface area is 221 Å². The van der Waals surface area contributed by atoms with Gasteiger partial charge in [-0.1, -0.05) is 29.8 Å². The normalized spacial score (nSPS) is 14.6. The minimum absolute atomic E-state index is 0.103. The van der Waals surface area contributed by atoms with Crippen molar-refractivity contribution in [3.05, 3.63) is 82.0 Å². The zero-order valence-electron chi connectivity index (χ0n) is 19.4. The van der Waals surface area contributed by atoms with E-state index in [2.05, 4.69) is 31.3 Å². The summed E-state index contributed by atoms with van der Waals surface area (Å²) < 4.78 is 2.63. The van der Waals surface area contributed by atoms with E-state index in [9.17, 15) is 4.79 Å². The second kappa shape index (κ2) is 9.59. The van der Waals surface area contributed by atoms with Gasteiger partial charge in [-0.25, -0.2) is 4.98 Å². The second-order valence-corrected chi connectivity index (χ2v) is 10.4. The van der Waals surface area contributed by atoms with E-state index in [4.69, 9.17) is 16.6 Å². The first-order chi connectivity index (χ1) is 17.6. The largest absolute Gasteiger partial charge is 0.370 e. The van der Waals surface area contributed by atoms with Crippen molar-refractivity contribution < 1.29 is 4.79 Å². The zero-order valence-corrected chi connectivity index (χ0v) is 21.8. The van der Waals surface area contributed by atoms with Gasteiger partial charge >= 0.3 is 0 Å². The molecule has 0 radical (unpaired) electrons. The number of aromatic amines is 1. The predicted molar refractivity (Wildman–Crippen MR) is 147 cm³/mol. The van der Waals surface area contributed by atoms with Gasteiger partial charge in [0.2, 0.25) is 0 Å². The monoisotopic (exact) mass is 562 g/mol. The van der Waals surface area contributed by atoms with Crippen molar-refractivity contribution in [3.8, 4) is 11.3 Å². The summed E-state index contributed by atoms with van der Waals surface area (Å²) in [5.74, 6) is 1.41. The molecule has 0 bridgehead atoms. The highest BCUT2D eigenvalue weighted by atomic mass is 79.9. The van der Waals surface area contributed by atoms with Crippen LogP contribution in [-0.4, -0.2) is 50.0 Å². The third kappa shape index (κ3) is 4.35. The molecule has 182 valence electrons. The van der Waals surface area contributed by atoms with Crippen LogP contribution in [-0.2, 0) is 0 Å². The van der Waals surface area contributed by atoms with Gasteiger partial charge in [0.15, 0.2) is 5.65 Å². The van der Waals surface area contributed by atoms with Crippen molar-refractivity contribution >= 4 is 55.8 Å². The van der Waals surface area contributed by atoms with Gasteiger partial charge in [0.05, 0.1) is 16.4 Å². The van der Waals surface area contributed by atoms with Crippen molar-refractivity contribution in [2.45, 2.75) is 12.8 Å². The lowest BCUT2D eigenvalue weighted by atomic mass is 9.96. The predicted octanol–water partition coefficient (Wildman–Crippen LogP) is 6.26. The maximum Gasteiger partial charge on any atom is 0.253 e. The number of hydrogen-bond donors (Lipinski definition) is 2. The minimum atomic E-state index is 0.103. The summed E-state index contributed by atoms with van der Waals surface area (Å²) >= 11 is 10.0. The highest BCUT2D eigenvalue weighted by Gasteiger charge is 2.24. The molecule has 5 aromatic rings. The molecule has 9 heteroatoms. The number of carbonyl (C=O) groups excluding carboxylic acids is 1. The number of fused-ring (bicyclic) bond motifs is 2. The molecular weight excluding hydrogens is 540 g/mol. The Morgan fingerprint density at radius 3 is 2.81 bits per heavy atom. The van der Waals surface area contributed by atoms with Gasteiger partial charge in [-0.05, 0) is 65.0 Å². The maximum absolute atomic E-state index is 13.1. The number of amides is 1. The standard InChI is InChI=1S/C27H24BrClN6O/c28-21-16-32-35-25(14-24(33-26(21)35)20-3-1-2-4-22(20)29)31-15-17-8-11-34(12-9-17)27(36)19-5-6-23-18(13-19)7-10-30-23/h1-7,10,13-14,16-17,30-31H,8-9,11-12,15H2. The van der Waals surface area contributed by atoms with E-state index < -0.39 is 0 Å². The molecule has 1 aliphatic rings. The van der Waals surface area contributed by atoms with Crippen LogP contribution in [0.4, 0.5) is 5.82 Å². The summed E-state index contributed by atoms with van der Waals surface area (Å²) in [5.41, 5.74) is 4.19. The fraction of sp³-hybridized carbons (Fsp3) is 0.222. The molecule has 0 aliphatic carbocycles. The number of anilines is 1. The summed E-state index contributed by atoms with van der Waals surface area (Å²) in [6, 6.07) is 17.5. The van der Waals surface area contributed by atoms with Crippen LogP contribution in [0.1, 0.15) is 23.2 Å². The summed E-state index contributed by atoms with van der Waals surface area (Å²) in [6.07, 6.45) is 5.53. The fourth-order valence-electron chi connectivity index (χ4n) is 4.83. The van der Waals surface area contributed by atoms with Crippen LogP contribution < -0.4 is 5.32 Å². The first-order valence-corrected chi connectivity index (χ1v) is 13.1. The quantitative estimate of drug-likeness (QED) is 0.265. The van der Waals surface area contributed by atoms with Crippen LogP contribution in [0.3, 0.4) is 0 Å². The van der Waals surface area contributed by atoms with Gasteiger partial charge in [0.25, 0.3) is 5.91 Å². The van der Waals surface area contributed by atoms with Crippen molar-refractivity contribution in [1.82, 2.24) is 24.5 Å². The third-order valence-corrected chi connectivity index (χ3v) is 7.74. The third-order valence-electron chi connectivity index (χ3n) is 6.85. The van der Waals surface area contributed by atoms with Crippen molar-refractivity contribution in [2.24, 2.45) is 5.92 Å². The van der Waals surface area contributed by atoms with Gasteiger partial charge in [-0.2, -0.15) is 9.61 Å². The lowest BCUT2D eigenvalue weighted by molar-refractivity contribution is 0.0695. The Hall–Kier alpha value is -3.36. The first-order valence-electron chi connectivity index (χ1n) is 12.0. The fourth-order valence-corrected chi connectivity index (χ4v) is 5.41. The number of halogens is 2. The summed E-state index contributed by atoms with van der Waals surface area (Å²) in [5, 5.41) is 9.78. The van der Waals surface area contributed by atoms with E-state index in [-0.39, 0.29) is 5.91 Å².